The van der Waals surface area contributed by atoms with Crippen molar-refractivity contribution in [2.45, 2.75) is 25.2 Å². The molecule has 1 aliphatic heterocycles. The lowest BCUT2D eigenvalue weighted by molar-refractivity contribution is 0.0766. The van der Waals surface area contributed by atoms with E-state index in [1.807, 2.05) is 12.1 Å². The van der Waals surface area contributed by atoms with Crippen molar-refractivity contribution in [3.8, 4) is 11.8 Å². The molecule has 1 saturated heterocycles. The Morgan fingerprint density at radius 3 is 2.36 bits per heavy atom. The van der Waals surface area contributed by atoms with Gasteiger partial charge in [-0.05, 0) is 48.9 Å². The smallest absolute Gasteiger partial charge is 0.253 e. The molecule has 0 radical (unpaired) electrons. The van der Waals surface area contributed by atoms with Crippen LogP contribution in [0.15, 0.2) is 47.4 Å². The van der Waals surface area contributed by atoms with E-state index in [0.29, 0.717) is 43.9 Å². The van der Waals surface area contributed by atoms with Crippen LogP contribution in [0.4, 0.5) is 5.69 Å². The van der Waals surface area contributed by atoms with Crippen molar-refractivity contribution in [1.29, 1.82) is 5.26 Å². The fourth-order valence-electron chi connectivity index (χ4n) is 4.02. The number of nitrogens with zero attached hydrogens (tertiary/aromatic N) is 4. The summed E-state index contributed by atoms with van der Waals surface area (Å²) in [6.07, 6.45) is 0.784. The van der Waals surface area contributed by atoms with Crippen LogP contribution >= 0.6 is 0 Å². The van der Waals surface area contributed by atoms with E-state index in [1.54, 1.807) is 43.0 Å². The minimum atomic E-state index is -3.78. The Bertz CT molecular complexity index is 1120. The zero-order chi connectivity index (χ0) is 24.0. The van der Waals surface area contributed by atoms with Crippen LogP contribution in [0, 0.1) is 11.3 Å². The molecule has 3 rings (SSSR count). The molecule has 1 heterocycles. The van der Waals surface area contributed by atoms with E-state index in [1.165, 1.54) is 17.5 Å². The fourth-order valence-corrected chi connectivity index (χ4v) is 5.66. The summed E-state index contributed by atoms with van der Waals surface area (Å²) in [7, 11) is -2.36. The average molecular weight is 471 g/mol. The highest BCUT2D eigenvalue weighted by atomic mass is 32.2. The van der Waals surface area contributed by atoms with Gasteiger partial charge < -0.3 is 14.5 Å². The number of sulfonamides is 1. The highest BCUT2D eigenvalue weighted by molar-refractivity contribution is 7.89. The molecule has 1 aliphatic rings. The summed E-state index contributed by atoms with van der Waals surface area (Å²) in [5.41, 5.74) is 1.95. The molecule has 0 aromatic heterocycles. The van der Waals surface area contributed by atoms with E-state index >= 15 is 0 Å². The van der Waals surface area contributed by atoms with Crippen LogP contribution in [0.25, 0.3) is 0 Å². The third-order valence-corrected chi connectivity index (χ3v) is 7.95. The second-order valence-corrected chi connectivity index (χ2v) is 9.65. The Kier molecular flexibility index (Phi) is 7.95. The summed E-state index contributed by atoms with van der Waals surface area (Å²) >= 11 is 0. The molecule has 1 fully saturated rings. The molecule has 0 atom stereocenters. The van der Waals surface area contributed by atoms with Gasteiger partial charge in [0.25, 0.3) is 5.91 Å². The first-order valence-corrected chi connectivity index (χ1v) is 12.5. The Balaban J connectivity index is 1.81. The molecule has 0 aliphatic carbocycles. The van der Waals surface area contributed by atoms with Gasteiger partial charge in [-0.1, -0.05) is 13.8 Å². The molecule has 9 heteroatoms. The van der Waals surface area contributed by atoms with Crippen LogP contribution in [0.3, 0.4) is 0 Å². The number of benzene rings is 2. The van der Waals surface area contributed by atoms with Gasteiger partial charge in [0.1, 0.15) is 10.6 Å². The first kappa shape index (κ1) is 24.6. The number of rotatable bonds is 7. The maximum Gasteiger partial charge on any atom is 0.253 e. The maximum absolute atomic E-state index is 13.3. The molecule has 0 spiro atoms. The van der Waals surface area contributed by atoms with Gasteiger partial charge in [-0.2, -0.15) is 9.57 Å². The van der Waals surface area contributed by atoms with E-state index in [-0.39, 0.29) is 16.6 Å². The van der Waals surface area contributed by atoms with Crippen LogP contribution < -0.4 is 9.64 Å². The number of carbonyl (C=O) groups is 1. The molecule has 8 nitrogen and oxygen atoms in total. The standard InChI is InChI=1S/C24H30N4O4S/c1-4-28(5-2)33(30,31)23-17-20(9-12-22(23)32-3)24(29)27-14-6-13-26(15-16-27)21-10-7-19(18-25)8-11-21/h7-12,17H,4-6,13-16H2,1-3H3. The number of methoxy groups -OCH3 is 1. The third kappa shape index (κ3) is 5.29. The summed E-state index contributed by atoms with van der Waals surface area (Å²) < 4.78 is 32.9. The van der Waals surface area contributed by atoms with Gasteiger partial charge in [-0.15, -0.1) is 0 Å². The highest BCUT2D eigenvalue weighted by Gasteiger charge is 2.28. The van der Waals surface area contributed by atoms with E-state index in [9.17, 15) is 13.2 Å². The van der Waals surface area contributed by atoms with Crippen molar-refractivity contribution >= 4 is 21.6 Å². The lowest BCUT2D eigenvalue weighted by atomic mass is 10.2. The lowest BCUT2D eigenvalue weighted by Gasteiger charge is -2.24. The number of anilines is 1. The minimum Gasteiger partial charge on any atom is -0.495 e. The molecule has 0 N–H and O–H groups in total. The number of ether oxygens (including phenoxy) is 1. The summed E-state index contributed by atoms with van der Waals surface area (Å²) in [5.74, 6) is 0.0247. The van der Waals surface area contributed by atoms with Crippen LogP contribution in [-0.2, 0) is 10.0 Å². The van der Waals surface area contributed by atoms with Gasteiger partial charge in [0.15, 0.2) is 0 Å². The van der Waals surface area contributed by atoms with Crippen LogP contribution in [0.5, 0.6) is 5.75 Å². The summed E-state index contributed by atoms with van der Waals surface area (Å²) in [6.45, 7) is 6.75. The number of hydrogen-bond acceptors (Lipinski definition) is 6. The molecule has 0 saturated carbocycles. The summed E-state index contributed by atoms with van der Waals surface area (Å²) in [6, 6.07) is 14.1. The quantitative estimate of drug-likeness (QED) is 0.618. The molecule has 1 amide bonds. The van der Waals surface area contributed by atoms with Crippen LogP contribution in [0.2, 0.25) is 0 Å². The predicted molar refractivity (Wildman–Crippen MR) is 127 cm³/mol. The Hall–Kier alpha value is -3.09. The Morgan fingerprint density at radius 2 is 1.76 bits per heavy atom. The number of nitriles is 1. The first-order chi connectivity index (χ1) is 15.8. The minimum absolute atomic E-state index is 0.00795. The van der Waals surface area contributed by atoms with E-state index in [4.69, 9.17) is 10.00 Å². The van der Waals surface area contributed by atoms with E-state index < -0.39 is 10.0 Å². The van der Waals surface area contributed by atoms with Crippen molar-refractivity contribution in [1.82, 2.24) is 9.21 Å². The first-order valence-electron chi connectivity index (χ1n) is 11.1. The Labute approximate surface area is 196 Å². The topological polar surface area (TPSA) is 94.0 Å². The fraction of sp³-hybridized carbons (Fsp3) is 0.417. The molecule has 0 unspecified atom stereocenters. The van der Waals surface area contributed by atoms with Crippen molar-refractivity contribution in [2.75, 3.05) is 51.3 Å². The molecular weight excluding hydrogens is 440 g/mol. The normalized spacial score (nSPS) is 14.6. The SMILES string of the molecule is CCN(CC)S(=O)(=O)c1cc(C(=O)N2CCCN(c3ccc(C#N)cc3)CC2)ccc1OC. The van der Waals surface area contributed by atoms with Gasteiger partial charge in [-0.25, -0.2) is 8.42 Å². The monoisotopic (exact) mass is 470 g/mol. The Morgan fingerprint density at radius 1 is 1.06 bits per heavy atom. The van der Waals surface area contributed by atoms with Crippen LogP contribution in [-0.4, -0.2) is 69.9 Å². The van der Waals surface area contributed by atoms with Crippen molar-refractivity contribution < 1.29 is 17.9 Å². The van der Waals surface area contributed by atoms with Gasteiger partial charge >= 0.3 is 0 Å². The zero-order valence-electron chi connectivity index (χ0n) is 19.3. The van der Waals surface area contributed by atoms with Gasteiger partial charge in [-0.3, -0.25) is 4.79 Å². The second kappa shape index (κ2) is 10.7. The third-order valence-electron chi connectivity index (χ3n) is 5.88. The molecular formula is C24H30N4O4S. The predicted octanol–water partition coefficient (Wildman–Crippen LogP) is 2.95. The number of carbonyl (C=O) groups excluding carboxylic acids is 1. The van der Waals surface area contributed by atoms with Gasteiger partial charge in [0, 0.05) is 50.5 Å². The average Bonchev–Trinajstić information content (AvgIpc) is 3.10. The zero-order valence-corrected chi connectivity index (χ0v) is 20.1. The number of amides is 1. The van der Waals surface area contributed by atoms with Gasteiger partial charge in [0.2, 0.25) is 10.0 Å². The van der Waals surface area contributed by atoms with Gasteiger partial charge in [0.05, 0.1) is 18.7 Å². The molecule has 2 aromatic rings. The highest BCUT2D eigenvalue weighted by Crippen LogP contribution is 2.28. The lowest BCUT2D eigenvalue weighted by Crippen LogP contribution is -2.35. The van der Waals surface area contributed by atoms with E-state index in [2.05, 4.69) is 11.0 Å². The largest absolute Gasteiger partial charge is 0.495 e. The maximum atomic E-state index is 13.3. The van der Waals surface area contributed by atoms with Crippen molar-refractivity contribution in [2.24, 2.45) is 0 Å². The molecule has 33 heavy (non-hydrogen) atoms. The second-order valence-electron chi connectivity index (χ2n) is 7.75. The van der Waals surface area contributed by atoms with E-state index in [0.717, 1.165) is 18.7 Å². The van der Waals surface area contributed by atoms with Crippen molar-refractivity contribution in [3.05, 3.63) is 53.6 Å². The summed E-state index contributed by atoms with van der Waals surface area (Å²) in [5, 5.41) is 8.99. The summed E-state index contributed by atoms with van der Waals surface area (Å²) in [4.78, 5) is 17.3. The molecule has 0 bridgehead atoms. The number of hydrogen-bond donors (Lipinski definition) is 0. The molecule has 2 aromatic carbocycles. The molecule has 176 valence electrons. The van der Waals surface area contributed by atoms with Crippen molar-refractivity contribution in [3.63, 3.8) is 0 Å². The van der Waals surface area contributed by atoms with Crippen LogP contribution in [0.1, 0.15) is 36.2 Å².